The fourth-order valence-electron chi connectivity index (χ4n) is 3.88. The van der Waals surface area contributed by atoms with Crippen molar-refractivity contribution >= 4 is 38.7 Å². The van der Waals surface area contributed by atoms with Crippen LogP contribution in [0.1, 0.15) is 37.7 Å². The molecule has 0 saturated heterocycles. The number of imidazole rings is 1. The molecule has 2 aliphatic rings. The van der Waals surface area contributed by atoms with E-state index in [2.05, 4.69) is 64.9 Å². The number of benzene rings is 1. The Balaban J connectivity index is 1.37. The fourth-order valence-corrected chi connectivity index (χ4v) is 4.26. The Bertz CT molecular complexity index is 1130. The highest BCUT2D eigenvalue weighted by molar-refractivity contribution is 9.10. The van der Waals surface area contributed by atoms with Gasteiger partial charge in [-0.15, -0.1) is 0 Å². The molecule has 6 nitrogen and oxygen atoms in total. The summed E-state index contributed by atoms with van der Waals surface area (Å²) in [6, 6.07) is 8.65. The molecule has 2 N–H and O–H groups in total. The van der Waals surface area contributed by atoms with Crippen LogP contribution in [0.15, 0.2) is 52.5 Å². The molecule has 0 amide bonds. The normalized spacial score (nSPS) is 16.1. The summed E-state index contributed by atoms with van der Waals surface area (Å²) in [5.41, 5.74) is 6.82. The first kappa shape index (κ1) is 19.5. The molecule has 0 bridgehead atoms. The highest BCUT2D eigenvalue weighted by Gasteiger charge is 2.29. The maximum atomic E-state index is 8.96. The minimum Gasteiger partial charge on any atom is -0.396 e. The van der Waals surface area contributed by atoms with Crippen LogP contribution in [0.3, 0.4) is 0 Å². The molecule has 1 aliphatic heterocycles. The van der Waals surface area contributed by atoms with E-state index in [-0.39, 0.29) is 6.61 Å². The Labute approximate surface area is 183 Å². The van der Waals surface area contributed by atoms with Gasteiger partial charge in [0.15, 0.2) is 11.5 Å². The van der Waals surface area contributed by atoms with Gasteiger partial charge in [-0.1, -0.05) is 24.3 Å². The van der Waals surface area contributed by atoms with Gasteiger partial charge in [-0.05, 0) is 58.7 Å². The lowest BCUT2D eigenvalue weighted by molar-refractivity contribution is 0.286. The predicted octanol–water partition coefficient (Wildman–Crippen LogP) is 4.94. The number of allylic oxidation sites excluding steroid dienone is 1. The van der Waals surface area contributed by atoms with Crippen molar-refractivity contribution < 1.29 is 5.11 Å². The van der Waals surface area contributed by atoms with Gasteiger partial charge in [-0.25, -0.2) is 9.97 Å². The van der Waals surface area contributed by atoms with Crippen LogP contribution in [0.2, 0.25) is 0 Å². The molecule has 1 saturated carbocycles. The average molecular weight is 466 g/mol. The first-order chi connectivity index (χ1) is 14.7. The number of aliphatic hydroxyl groups is 1. The van der Waals surface area contributed by atoms with Crippen LogP contribution in [0.4, 0.5) is 5.82 Å². The van der Waals surface area contributed by atoms with E-state index in [9.17, 15) is 0 Å². The molecular formula is C23H24BrN5O. The number of nitrogens with one attached hydrogen (secondary N) is 1. The van der Waals surface area contributed by atoms with E-state index in [1.54, 1.807) is 0 Å². The summed E-state index contributed by atoms with van der Waals surface area (Å²) in [7, 11) is 0. The van der Waals surface area contributed by atoms with Crippen molar-refractivity contribution in [1.82, 2.24) is 14.4 Å². The number of unbranched alkanes of at least 4 members (excludes halogenated alkanes) is 1. The van der Waals surface area contributed by atoms with Gasteiger partial charge in [0.2, 0.25) is 0 Å². The zero-order valence-corrected chi connectivity index (χ0v) is 18.3. The van der Waals surface area contributed by atoms with Gasteiger partial charge in [-0.2, -0.15) is 0 Å². The number of aliphatic imine (C=N–C) groups is 1. The highest BCUT2D eigenvalue weighted by atomic mass is 79.9. The van der Waals surface area contributed by atoms with E-state index in [0.717, 1.165) is 59.1 Å². The zero-order valence-electron chi connectivity index (χ0n) is 16.7. The van der Waals surface area contributed by atoms with Gasteiger partial charge >= 0.3 is 0 Å². The van der Waals surface area contributed by atoms with Crippen molar-refractivity contribution in [2.75, 3.05) is 18.5 Å². The van der Waals surface area contributed by atoms with E-state index >= 15 is 0 Å². The molecule has 2 aromatic heterocycles. The summed E-state index contributed by atoms with van der Waals surface area (Å²) in [4.78, 5) is 13.8. The lowest BCUT2D eigenvalue weighted by Crippen LogP contribution is -2.06. The molecule has 5 rings (SSSR count). The number of hydrogen-bond acceptors (Lipinski definition) is 5. The van der Waals surface area contributed by atoms with Crippen LogP contribution in [0, 0.1) is 5.92 Å². The molecule has 30 heavy (non-hydrogen) atoms. The number of rotatable bonds is 8. The Kier molecular flexibility index (Phi) is 5.39. The topological polar surface area (TPSA) is 74.8 Å². The summed E-state index contributed by atoms with van der Waals surface area (Å²) < 4.78 is 2.81. The van der Waals surface area contributed by atoms with Gasteiger partial charge in [0.25, 0.3) is 0 Å². The van der Waals surface area contributed by atoms with Crippen LogP contribution < -0.4 is 5.32 Å². The van der Waals surface area contributed by atoms with Crippen LogP contribution in [-0.2, 0) is 0 Å². The minimum atomic E-state index is 0.206. The highest BCUT2D eigenvalue weighted by Crippen LogP contribution is 2.37. The number of halogens is 1. The molecule has 3 aromatic rings. The summed E-state index contributed by atoms with van der Waals surface area (Å²) in [6.45, 7) is 0.952. The van der Waals surface area contributed by atoms with Crippen LogP contribution >= 0.6 is 15.9 Å². The molecule has 3 heterocycles. The second kappa shape index (κ2) is 8.32. The standard InChI is InChI=1S/C23H24BrN5O/c24-21-14-29-20(13-27-23(29)22(28-21)25-9-1-2-10-30)17-7-3-15(4-8-17)18-11-19(26-12-18)16-5-6-16/h3-4,7-8,12-14,16,30H,1-2,5-6,9-11H2,(H,25,28). The maximum absolute atomic E-state index is 8.96. The first-order valence-corrected chi connectivity index (χ1v) is 11.3. The van der Waals surface area contributed by atoms with Crippen molar-refractivity contribution in [3.63, 3.8) is 0 Å². The molecule has 1 aliphatic carbocycles. The molecule has 7 heteroatoms. The Hall–Kier alpha value is -2.51. The average Bonchev–Trinajstić information content (AvgIpc) is 3.33. The van der Waals surface area contributed by atoms with E-state index < -0.39 is 0 Å². The van der Waals surface area contributed by atoms with Crippen molar-refractivity contribution in [3.8, 4) is 11.3 Å². The zero-order chi connectivity index (χ0) is 20.5. The number of aliphatic hydroxyl groups excluding tert-OH is 1. The number of hydrogen-bond donors (Lipinski definition) is 2. The number of anilines is 1. The maximum Gasteiger partial charge on any atom is 0.180 e. The molecule has 0 spiro atoms. The summed E-state index contributed by atoms with van der Waals surface area (Å²) in [5, 5.41) is 12.3. The number of aromatic nitrogens is 3. The lowest BCUT2D eigenvalue weighted by Gasteiger charge is -2.09. The van der Waals surface area contributed by atoms with E-state index in [0.29, 0.717) is 0 Å². The smallest absolute Gasteiger partial charge is 0.180 e. The van der Waals surface area contributed by atoms with Gasteiger partial charge in [0, 0.05) is 43.2 Å². The van der Waals surface area contributed by atoms with Gasteiger partial charge in [-0.3, -0.25) is 9.39 Å². The number of fused-ring (bicyclic) bond motifs is 1. The van der Waals surface area contributed by atoms with Crippen molar-refractivity contribution in [1.29, 1.82) is 0 Å². The molecule has 0 unspecified atom stereocenters. The summed E-state index contributed by atoms with van der Waals surface area (Å²) in [6.07, 6.45) is 11.1. The van der Waals surface area contributed by atoms with Crippen LogP contribution in [0.25, 0.3) is 22.5 Å². The Morgan fingerprint density at radius 2 is 1.93 bits per heavy atom. The van der Waals surface area contributed by atoms with Crippen molar-refractivity contribution in [2.24, 2.45) is 10.9 Å². The van der Waals surface area contributed by atoms with Gasteiger partial charge < -0.3 is 10.4 Å². The fraction of sp³-hybridized carbons (Fsp3) is 0.348. The molecule has 154 valence electrons. The van der Waals surface area contributed by atoms with Gasteiger partial charge in [0.1, 0.15) is 4.60 Å². The van der Waals surface area contributed by atoms with Crippen LogP contribution in [-0.4, -0.2) is 38.3 Å². The summed E-state index contributed by atoms with van der Waals surface area (Å²) in [5.74, 6) is 1.47. The molecular weight excluding hydrogens is 442 g/mol. The van der Waals surface area contributed by atoms with E-state index in [4.69, 9.17) is 5.11 Å². The largest absolute Gasteiger partial charge is 0.396 e. The predicted molar refractivity (Wildman–Crippen MR) is 124 cm³/mol. The minimum absolute atomic E-state index is 0.206. The molecule has 1 fully saturated rings. The van der Waals surface area contributed by atoms with Crippen LogP contribution in [0.5, 0.6) is 0 Å². The third-order valence-electron chi connectivity index (χ3n) is 5.70. The second-order valence-electron chi connectivity index (χ2n) is 7.91. The second-order valence-corrected chi connectivity index (χ2v) is 8.72. The lowest BCUT2D eigenvalue weighted by atomic mass is 9.99. The summed E-state index contributed by atoms with van der Waals surface area (Å²) >= 11 is 3.52. The molecule has 0 radical (unpaired) electrons. The van der Waals surface area contributed by atoms with Crippen molar-refractivity contribution in [2.45, 2.75) is 32.1 Å². The van der Waals surface area contributed by atoms with Gasteiger partial charge in [0.05, 0.1) is 11.9 Å². The van der Waals surface area contributed by atoms with E-state index in [1.165, 1.54) is 29.7 Å². The quantitative estimate of drug-likeness (QED) is 0.462. The third-order valence-corrected chi connectivity index (χ3v) is 6.08. The monoisotopic (exact) mass is 465 g/mol. The van der Waals surface area contributed by atoms with Crippen molar-refractivity contribution in [3.05, 3.63) is 53.0 Å². The first-order valence-electron chi connectivity index (χ1n) is 10.5. The Morgan fingerprint density at radius 3 is 2.70 bits per heavy atom. The third kappa shape index (κ3) is 3.91. The number of nitrogens with zero attached hydrogens (tertiary/aromatic N) is 4. The SMILES string of the molecule is OCCCCNc1nc(Br)cn2c(-c3ccc(C4=CN=C(C5CC5)C4)cc3)cnc12. The molecule has 1 aromatic carbocycles. The Morgan fingerprint density at radius 1 is 1.13 bits per heavy atom. The van der Waals surface area contributed by atoms with E-state index in [1.807, 2.05) is 18.6 Å². The molecule has 0 atom stereocenters.